The number of aromatic nitrogens is 1. The predicted octanol–water partition coefficient (Wildman–Crippen LogP) is 1.18. The summed E-state index contributed by atoms with van der Waals surface area (Å²) in [6, 6.07) is 4.69. The van der Waals surface area contributed by atoms with Crippen LogP contribution in [0.3, 0.4) is 0 Å². The highest BCUT2D eigenvalue weighted by atomic mass is 16.6. The second-order valence-electron chi connectivity index (χ2n) is 4.32. The molecule has 1 fully saturated rings. The Morgan fingerprint density at radius 1 is 1.55 bits per heavy atom. The van der Waals surface area contributed by atoms with Gasteiger partial charge in [-0.3, -0.25) is 4.79 Å². The van der Waals surface area contributed by atoms with Crippen LogP contribution in [-0.4, -0.2) is 41.8 Å². The largest absolute Gasteiger partial charge is 0.487 e. The number of carboxylic acids is 1. The molecule has 0 aliphatic carbocycles. The maximum absolute atomic E-state index is 11.0. The van der Waals surface area contributed by atoms with E-state index >= 15 is 0 Å². The summed E-state index contributed by atoms with van der Waals surface area (Å²) < 4.78 is 15.5. The molecule has 0 radical (unpaired) electrons. The molecule has 20 heavy (non-hydrogen) atoms. The fourth-order valence-corrected chi connectivity index (χ4v) is 1.90. The van der Waals surface area contributed by atoms with Gasteiger partial charge in [0.05, 0.1) is 12.1 Å². The van der Waals surface area contributed by atoms with Crippen LogP contribution in [0.25, 0.3) is 10.9 Å². The summed E-state index contributed by atoms with van der Waals surface area (Å²) in [4.78, 5) is 24.3. The van der Waals surface area contributed by atoms with Crippen LogP contribution >= 0.6 is 0 Å². The fourth-order valence-electron chi connectivity index (χ4n) is 1.90. The molecule has 1 aromatic carbocycles. The maximum Gasteiger partial charge on any atom is 0.352 e. The SMILES string of the molecule is O=COc1c(OCC2CO2)ccc2[nH]c(C(=O)O)cc12. The first-order chi connectivity index (χ1) is 9.69. The number of H-pyrrole nitrogens is 1. The zero-order valence-corrected chi connectivity index (χ0v) is 10.3. The molecule has 0 bridgehead atoms. The van der Waals surface area contributed by atoms with Gasteiger partial charge in [0.15, 0.2) is 11.5 Å². The van der Waals surface area contributed by atoms with Gasteiger partial charge in [0, 0.05) is 5.39 Å². The third-order valence-electron chi connectivity index (χ3n) is 2.94. The third-order valence-corrected chi connectivity index (χ3v) is 2.94. The van der Waals surface area contributed by atoms with E-state index in [4.69, 9.17) is 19.3 Å². The van der Waals surface area contributed by atoms with Crippen molar-refractivity contribution in [1.29, 1.82) is 0 Å². The number of aromatic amines is 1. The van der Waals surface area contributed by atoms with Gasteiger partial charge in [-0.25, -0.2) is 4.79 Å². The number of carboxylic acid groups (broad SMARTS) is 1. The van der Waals surface area contributed by atoms with Gasteiger partial charge in [0.1, 0.15) is 18.4 Å². The minimum Gasteiger partial charge on any atom is -0.487 e. The lowest BCUT2D eigenvalue weighted by molar-refractivity contribution is -0.120. The highest BCUT2D eigenvalue weighted by Crippen LogP contribution is 2.36. The third kappa shape index (κ3) is 2.30. The molecule has 1 aromatic heterocycles. The van der Waals surface area contributed by atoms with Crippen molar-refractivity contribution in [2.24, 2.45) is 0 Å². The van der Waals surface area contributed by atoms with E-state index in [1.165, 1.54) is 6.07 Å². The van der Waals surface area contributed by atoms with Crippen LogP contribution in [0.15, 0.2) is 18.2 Å². The van der Waals surface area contributed by atoms with E-state index in [0.29, 0.717) is 29.9 Å². The minimum absolute atomic E-state index is 0.0124. The average Bonchev–Trinajstić information content (AvgIpc) is 3.14. The van der Waals surface area contributed by atoms with Crippen molar-refractivity contribution in [2.45, 2.75) is 6.10 Å². The maximum atomic E-state index is 11.0. The Bertz CT molecular complexity index is 673. The topological polar surface area (TPSA) is 101 Å². The molecule has 0 saturated carbocycles. The van der Waals surface area contributed by atoms with E-state index in [1.54, 1.807) is 12.1 Å². The predicted molar refractivity (Wildman–Crippen MR) is 67.2 cm³/mol. The van der Waals surface area contributed by atoms with E-state index in [2.05, 4.69) is 4.98 Å². The Morgan fingerprint density at radius 2 is 2.35 bits per heavy atom. The zero-order valence-electron chi connectivity index (χ0n) is 10.3. The Hall–Kier alpha value is -2.54. The molecule has 0 spiro atoms. The monoisotopic (exact) mass is 277 g/mol. The summed E-state index contributed by atoms with van der Waals surface area (Å²) in [6.45, 7) is 1.29. The standard InChI is InChI=1S/C13H11NO6/c15-6-20-12-8-3-10(13(16)17)14-9(8)1-2-11(12)19-5-7-4-18-7/h1-3,6-7,14H,4-5H2,(H,16,17). The van der Waals surface area contributed by atoms with Crippen molar-refractivity contribution < 1.29 is 28.9 Å². The Balaban J connectivity index is 2.01. The second-order valence-corrected chi connectivity index (χ2v) is 4.32. The highest BCUT2D eigenvalue weighted by Gasteiger charge is 2.24. The summed E-state index contributed by atoms with van der Waals surface area (Å²) >= 11 is 0. The number of ether oxygens (including phenoxy) is 3. The molecule has 2 N–H and O–H groups in total. The van der Waals surface area contributed by atoms with Gasteiger partial charge in [0.2, 0.25) is 0 Å². The van der Waals surface area contributed by atoms with Crippen LogP contribution < -0.4 is 9.47 Å². The molecule has 2 heterocycles. The van der Waals surface area contributed by atoms with Gasteiger partial charge < -0.3 is 24.3 Å². The summed E-state index contributed by atoms with van der Waals surface area (Å²) in [5.74, 6) is -0.523. The number of aromatic carboxylic acids is 1. The molecule has 1 aliphatic rings. The van der Waals surface area contributed by atoms with Gasteiger partial charge in [-0.15, -0.1) is 0 Å². The van der Waals surface area contributed by atoms with Crippen molar-refractivity contribution in [3.63, 3.8) is 0 Å². The number of carbonyl (C=O) groups excluding carboxylic acids is 1. The Labute approximate surface area is 113 Å². The number of carbonyl (C=O) groups is 2. The number of rotatable bonds is 6. The molecular formula is C13H11NO6. The molecular weight excluding hydrogens is 266 g/mol. The molecule has 1 unspecified atom stereocenters. The number of hydrogen-bond donors (Lipinski definition) is 2. The molecule has 104 valence electrons. The van der Waals surface area contributed by atoms with Crippen LogP contribution in [-0.2, 0) is 9.53 Å². The number of nitrogens with one attached hydrogen (secondary N) is 1. The number of hydrogen-bond acceptors (Lipinski definition) is 5. The van der Waals surface area contributed by atoms with Crippen LogP contribution in [0.4, 0.5) is 0 Å². The lowest BCUT2D eigenvalue weighted by Gasteiger charge is -2.09. The van der Waals surface area contributed by atoms with Crippen molar-refractivity contribution in [1.82, 2.24) is 4.98 Å². The fraction of sp³-hybridized carbons (Fsp3) is 0.231. The quantitative estimate of drug-likeness (QED) is 0.607. The second kappa shape index (κ2) is 4.86. The minimum atomic E-state index is -1.09. The number of benzene rings is 1. The molecule has 1 saturated heterocycles. The summed E-state index contributed by atoms with van der Waals surface area (Å²) in [6.07, 6.45) is 0.0654. The van der Waals surface area contributed by atoms with Crippen LogP contribution in [0, 0.1) is 0 Å². The van der Waals surface area contributed by atoms with Crippen molar-refractivity contribution in [3.8, 4) is 11.5 Å². The summed E-state index contributed by atoms with van der Waals surface area (Å²) in [7, 11) is 0. The number of epoxide rings is 1. The van der Waals surface area contributed by atoms with E-state index in [-0.39, 0.29) is 24.0 Å². The Kier molecular flexibility index (Phi) is 3.03. The molecule has 7 heteroatoms. The van der Waals surface area contributed by atoms with E-state index in [1.807, 2.05) is 0 Å². The zero-order chi connectivity index (χ0) is 14.1. The normalized spacial score (nSPS) is 16.9. The highest BCUT2D eigenvalue weighted by molar-refractivity contribution is 5.97. The van der Waals surface area contributed by atoms with Gasteiger partial charge >= 0.3 is 5.97 Å². The molecule has 0 amide bonds. The average molecular weight is 277 g/mol. The molecule has 7 nitrogen and oxygen atoms in total. The summed E-state index contributed by atoms with van der Waals surface area (Å²) in [5.41, 5.74) is 0.563. The molecule has 1 aliphatic heterocycles. The van der Waals surface area contributed by atoms with E-state index < -0.39 is 5.97 Å². The lowest BCUT2D eigenvalue weighted by Crippen LogP contribution is -2.05. The van der Waals surface area contributed by atoms with Gasteiger partial charge in [0.25, 0.3) is 6.47 Å². The Morgan fingerprint density at radius 3 is 3.00 bits per heavy atom. The first-order valence-corrected chi connectivity index (χ1v) is 5.92. The molecule has 2 aromatic rings. The molecule has 1 atom stereocenters. The number of fused-ring (bicyclic) bond motifs is 1. The smallest absolute Gasteiger partial charge is 0.352 e. The van der Waals surface area contributed by atoms with Gasteiger partial charge in [-0.05, 0) is 18.2 Å². The van der Waals surface area contributed by atoms with Gasteiger partial charge in [-0.2, -0.15) is 0 Å². The first kappa shape index (κ1) is 12.5. The molecule has 3 rings (SSSR count). The lowest BCUT2D eigenvalue weighted by atomic mass is 10.2. The van der Waals surface area contributed by atoms with Crippen molar-refractivity contribution in [3.05, 3.63) is 23.9 Å². The van der Waals surface area contributed by atoms with Gasteiger partial charge in [-0.1, -0.05) is 0 Å². The van der Waals surface area contributed by atoms with E-state index in [9.17, 15) is 9.59 Å². The van der Waals surface area contributed by atoms with Crippen molar-refractivity contribution in [2.75, 3.05) is 13.2 Å². The van der Waals surface area contributed by atoms with Crippen LogP contribution in [0.5, 0.6) is 11.5 Å². The summed E-state index contributed by atoms with van der Waals surface area (Å²) in [5, 5.41) is 9.45. The van der Waals surface area contributed by atoms with Crippen LogP contribution in [0.2, 0.25) is 0 Å². The van der Waals surface area contributed by atoms with Crippen LogP contribution in [0.1, 0.15) is 10.5 Å². The van der Waals surface area contributed by atoms with Crippen molar-refractivity contribution >= 4 is 23.3 Å². The van der Waals surface area contributed by atoms with E-state index in [0.717, 1.165) is 0 Å². The first-order valence-electron chi connectivity index (χ1n) is 5.92.